The van der Waals surface area contributed by atoms with E-state index in [0.29, 0.717) is 11.1 Å². The minimum Gasteiger partial charge on any atom is -0.479 e. The van der Waals surface area contributed by atoms with Crippen LogP contribution in [0.1, 0.15) is 24.0 Å². The molecule has 2 aromatic rings. The van der Waals surface area contributed by atoms with Crippen molar-refractivity contribution < 1.29 is 43.1 Å². The summed E-state index contributed by atoms with van der Waals surface area (Å²) in [6, 6.07) is 11.2. The van der Waals surface area contributed by atoms with Gasteiger partial charge < -0.3 is 25.2 Å². The summed E-state index contributed by atoms with van der Waals surface area (Å²) in [7, 11) is 0. The van der Waals surface area contributed by atoms with Gasteiger partial charge in [-0.25, -0.2) is 4.79 Å². The highest BCUT2D eigenvalue weighted by atomic mass is 19.4. The number of carbonyl (C=O) groups is 1. The molecular formula is C21H21F3O6. The van der Waals surface area contributed by atoms with Crippen molar-refractivity contribution in [3.05, 3.63) is 59.7 Å². The molecule has 6 nitrogen and oxygen atoms in total. The van der Waals surface area contributed by atoms with Crippen LogP contribution < -0.4 is 0 Å². The molecular weight excluding hydrogens is 405 g/mol. The number of alkyl halides is 3. The summed E-state index contributed by atoms with van der Waals surface area (Å²) in [5.41, 5.74) is -1.79. The first-order chi connectivity index (χ1) is 14.0. The van der Waals surface area contributed by atoms with Gasteiger partial charge in [-0.05, 0) is 22.8 Å². The van der Waals surface area contributed by atoms with Crippen molar-refractivity contribution >= 4 is 5.97 Å². The number of hydrogen-bond acceptors (Lipinski definition) is 5. The van der Waals surface area contributed by atoms with Gasteiger partial charge in [0.1, 0.15) is 6.10 Å². The number of aliphatic carboxylic acids is 1. The normalized spacial score (nSPS) is 27.1. The molecule has 0 bridgehead atoms. The molecule has 0 spiro atoms. The number of hydrogen-bond donors (Lipinski definition) is 4. The molecule has 0 saturated heterocycles. The number of aliphatic hydroxyl groups excluding tert-OH is 3. The first-order valence-electron chi connectivity index (χ1n) is 9.20. The second-order valence-electron chi connectivity index (χ2n) is 7.36. The fourth-order valence-corrected chi connectivity index (χ4v) is 3.60. The molecule has 0 aromatic heterocycles. The van der Waals surface area contributed by atoms with Crippen LogP contribution in [0.3, 0.4) is 0 Å². The molecule has 1 aliphatic carbocycles. The Morgan fingerprint density at radius 1 is 1.00 bits per heavy atom. The molecule has 9 heteroatoms. The van der Waals surface area contributed by atoms with Crippen molar-refractivity contribution in [3.63, 3.8) is 0 Å². The lowest BCUT2D eigenvalue weighted by atomic mass is 9.79. The number of halogens is 3. The van der Waals surface area contributed by atoms with Gasteiger partial charge in [0.2, 0.25) is 0 Å². The lowest BCUT2D eigenvalue weighted by molar-refractivity contribution is -0.202. The fourth-order valence-electron chi connectivity index (χ4n) is 3.60. The lowest BCUT2D eigenvalue weighted by Crippen LogP contribution is -2.57. The summed E-state index contributed by atoms with van der Waals surface area (Å²) in [6.07, 6.45) is -9.71. The molecule has 1 fully saturated rings. The molecule has 0 radical (unpaired) electrons. The molecule has 3 rings (SSSR count). The number of aliphatic hydroxyl groups is 3. The summed E-state index contributed by atoms with van der Waals surface area (Å²) >= 11 is 0. The largest absolute Gasteiger partial charge is 0.479 e. The van der Waals surface area contributed by atoms with E-state index in [9.17, 15) is 38.4 Å². The highest BCUT2D eigenvalue weighted by molar-refractivity contribution is 5.78. The highest BCUT2D eigenvalue weighted by Crippen LogP contribution is 2.37. The van der Waals surface area contributed by atoms with Crippen LogP contribution in [-0.4, -0.2) is 50.3 Å². The zero-order valence-corrected chi connectivity index (χ0v) is 15.7. The monoisotopic (exact) mass is 426 g/mol. The van der Waals surface area contributed by atoms with E-state index < -0.39 is 54.5 Å². The Morgan fingerprint density at radius 3 is 2.10 bits per heavy atom. The summed E-state index contributed by atoms with van der Waals surface area (Å²) in [4.78, 5) is 11.7. The van der Waals surface area contributed by atoms with Crippen LogP contribution in [-0.2, 0) is 22.3 Å². The minimum atomic E-state index is -4.50. The predicted molar refractivity (Wildman–Crippen MR) is 99.3 cm³/mol. The minimum absolute atomic E-state index is 0.0204. The van der Waals surface area contributed by atoms with Gasteiger partial charge in [0.15, 0.2) is 5.60 Å². The Labute approximate surface area is 170 Å². The molecule has 1 saturated carbocycles. The van der Waals surface area contributed by atoms with Gasteiger partial charge in [-0.1, -0.05) is 42.5 Å². The second kappa shape index (κ2) is 8.35. The van der Waals surface area contributed by atoms with Gasteiger partial charge in [-0.15, -0.1) is 0 Å². The molecule has 0 heterocycles. The topological polar surface area (TPSA) is 107 Å². The molecule has 0 unspecified atom stereocenters. The Morgan fingerprint density at radius 2 is 1.57 bits per heavy atom. The van der Waals surface area contributed by atoms with E-state index in [1.165, 1.54) is 42.5 Å². The Balaban J connectivity index is 1.77. The van der Waals surface area contributed by atoms with Gasteiger partial charge in [-0.3, -0.25) is 0 Å². The molecule has 2 atom stereocenters. The third-order valence-electron chi connectivity index (χ3n) is 5.27. The average molecular weight is 426 g/mol. The van der Waals surface area contributed by atoms with E-state index in [1.54, 1.807) is 0 Å². The fraction of sp³-hybridized carbons (Fsp3) is 0.381. The third-order valence-corrected chi connectivity index (χ3v) is 5.27. The molecule has 162 valence electrons. The summed E-state index contributed by atoms with van der Waals surface area (Å²) < 4.78 is 45.2. The Hall–Kier alpha value is -2.46. The van der Waals surface area contributed by atoms with Gasteiger partial charge in [0.25, 0.3) is 0 Å². The maximum absolute atomic E-state index is 13.2. The third kappa shape index (κ3) is 4.49. The van der Waals surface area contributed by atoms with Gasteiger partial charge >= 0.3 is 12.1 Å². The van der Waals surface area contributed by atoms with Crippen LogP contribution in [0.5, 0.6) is 0 Å². The predicted octanol–water partition coefficient (Wildman–Crippen LogP) is 2.59. The smallest absolute Gasteiger partial charge is 0.417 e. The van der Waals surface area contributed by atoms with Crippen molar-refractivity contribution in [2.45, 2.75) is 49.5 Å². The molecule has 2 aromatic carbocycles. The van der Waals surface area contributed by atoms with Crippen LogP contribution in [0, 0.1) is 0 Å². The molecule has 0 amide bonds. The number of carboxylic acid groups (broad SMARTS) is 1. The second-order valence-corrected chi connectivity index (χ2v) is 7.36. The van der Waals surface area contributed by atoms with Crippen molar-refractivity contribution in [1.82, 2.24) is 0 Å². The maximum Gasteiger partial charge on any atom is 0.417 e. The van der Waals surface area contributed by atoms with Crippen molar-refractivity contribution in [3.8, 4) is 11.1 Å². The Kier molecular flexibility index (Phi) is 6.19. The van der Waals surface area contributed by atoms with Crippen LogP contribution >= 0.6 is 0 Å². The highest BCUT2D eigenvalue weighted by Gasteiger charge is 2.50. The zero-order valence-electron chi connectivity index (χ0n) is 15.7. The van der Waals surface area contributed by atoms with Crippen molar-refractivity contribution in [2.24, 2.45) is 0 Å². The SMILES string of the molecule is O=C(O)C1(OCc2ccc(-c3ccccc3C(F)(F)F)cc2)C[C@@H](O)C(O)[C@H](O)C1. The quantitative estimate of drug-likeness (QED) is 0.586. The van der Waals surface area contributed by atoms with E-state index >= 15 is 0 Å². The number of carboxylic acids is 1. The summed E-state index contributed by atoms with van der Waals surface area (Å²) in [5, 5.41) is 38.9. The van der Waals surface area contributed by atoms with Gasteiger partial charge in [-0.2, -0.15) is 13.2 Å². The maximum atomic E-state index is 13.2. The molecule has 1 aliphatic rings. The van der Waals surface area contributed by atoms with E-state index in [2.05, 4.69) is 0 Å². The zero-order chi connectivity index (χ0) is 22.1. The Bertz CT molecular complexity index is 884. The van der Waals surface area contributed by atoms with Gasteiger partial charge in [0, 0.05) is 12.8 Å². The summed E-state index contributed by atoms with van der Waals surface area (Å²) in [5.74, 6) is -1.39. The molecule has 0 aliphatic heterocycles. The van der Waals surface area contributed by atoms with Crippen LogP contribution in [0.2, 0.25) is 0 Å². The van der Waals surface area contributed by atoms with E-state index in [1.807, 2.05) is 0 Å². The first kappa shape index (κ1) is 22.2. The van der Waals surface area contributed by atoms with Crippen LogP contribution in [0.25, 0.3) is 11.1 Å². The van der Waals surface area contributed by atoms with E-state index in [4.69, 9.17) is 4.74 Å². The standard InChI is InChI=1S/C21H21F3O6/c22-21(23,24)15-4-2-1-3-14(15)13-7-5-12(6-8-13)11-30-20(19(28)29)9-16(25)18(27)17(26)10-20/h1-8,16-18,25-27H,9-11H2,(H,28,29)/t16-,17-,18?,20?/m1/s1. The van der Waals surface area contributed by atoms with Crippen LogP contribution in [0.15, 0.2) is 48.5 Å². The van der Waals surface area contributed by atoms with E-state index in [0.717, 1.165) is 6.07 Å². The van der Waals surface area contributed by atoms with Gasteiger partial charge in [0.05, 0.1) is 24.4 Å². The van der Waals surface area contributed by atoms with E-state index in [-0.39, 0.29) is 12.2 Å². The van der Waals surface area contributed by atoms with Crippen molar-refractivity contribution in [2.75, 3.05) is 0 Å². The van der Waals surface area contributed by atoms with Crippen LogP contribution in [0.4, 0.5) is 13.2 Å². The average Bonchev–Trinajstić information content (AvgIpc) is 2.70. The number of benzene rings is 2. The summed E-state index contributed by atoms with van der Waals surface area (Å²) in [6.45, 7) is -0.205. The number of rotatable bonds is 5. The molecule has 30 heavy (non-hydrogen) atoms. The molecule has 4 N–H and O–H groups in total. The lowest BCUT2D eigenvalue weighted by Gasteiger charge is -2.40. The first-order valence-corrected chi connectivity index (χ1v) is 9.20. The van der Waals surface area contributed by atoms with Crippen molar-refractivity contribution in [1.29, 1.82) is 0 Å². The number of ether oxygens (including phenoxy) is 1.